The number of aromatic nitrogens is 4. The Labute approximate surface area is 170 Å². The highest BCUT2D eigenvalue weighted by Crippen LogP contribution is 2.24. The number of Topliss-reactive ketones (excluding diaryl/α,β-unsaturated/α-hetero) is 1. The third-order valence-electron chi connectivity index (χ3n) is 4.53. The van der Waals surface area contributed by atoms with Gasteiger partial charge in [0.1, 0.15) is 5.69 Å². The van der Waals surface area contributed by atoms with E-state index in [0.29, 0.717) is 10.9 Å². The SMILES string of the molecule is C[C@H](c1ccccc1)n1c(SCC(=O)c2cc(-c3ccccc3)no2)n[nH]c1=O. The molecule has 0 aliphatic heterocycles. The van der Waals surface area contributed by atoms with Gasteiger partial charge in [-0.15, -0.1) is 5.10 Å². The number of H-pyrrole nitrogens is 1. The monoisotopic (exact) mass is 406 g/mol. The molecule has 0 amide bonds. The van der Waals surface area contributed by atoms with Crippen molar-refractivity contribution < 1.29 is 9.32 Å². The Bertz CT molecular complexity index is 1170. The van der Waals surface area contributed by atoms with Gasteiger partial charge in [-0.3, -0.25) is 9.36 Å². The van der Waals surface area contributed by atoms with Crippen LogP contribution in [-0.4, -0.2) is 31.5 Å². The molecule has 0 bridgehead atoms. The van der Waals surface area contributed by atoms with E-state index in [1.165, 1.54) is 11.8 Å². The van der Waals surface area contributed by atoms with Gasteiger partial charge in [-0.1, -0.05) is 77.6 Å². The average Bonchev–Trinajstić information content (AvgIpc) is 3.40. The minimum Gasteiger partial charge on any atom is -0.352 e. The summed E-state index contributed by atoms with van der Waals surface area (Å²) in [7, 11) is 0. The van der Waals surface area contributed by atoms with Gasteiger partial charge in [0.25, 0.3) is 0 Å². The standard InChI is InChI=1S/C21H18N4O3S/c1-14(15-8-4-2-5-9-15)25-20(27)22-23-21(25)29-13-18(26)19-12-17(24-28-19)16-10-6-3-7-11-16/h2-12,14H,13H2,1H3,(H,22,27)/t14-/m1/s1. The maximum Gasteiger partial charge on any atom is 0.344 e. The van der Waals surface area contributed by atoms with Crippen molar-refractivity contribution in [3.63, 3.8) is 0 Å². The highest BCUT2D eigenvalue weighted by Gasteiger charge is 2.20. The number of carbonyl (C=O) groups is 1. The lowest BCUT2D eigenvalue weighted by atomic mass is 10.1. The van der Waals surface area contributed by atoms with Crippen molar-refractivity contribution in [2.45, 2.75) is 18.1 Å². The normalized spacial score (nSPS) is 12.0. The molecule has 0 spiro atoms. The average molecular weight is 406 g/mol. The summed E-state index contributed by atoms with van der Waals surface area (Å²) < 4.78 is 6.76. The predicted octanol–water partition coefficient (Wildman–Crippen LogP) is 3.81. The lowest BCUT2D eigenvalue weighted by Crippen LogP contribution is -2.22. The van der Waals surface area contributed by atoms with Crippen LogP contribution in [0, 0.1) is 0 Å². The maximum absolute atomic E-state index is 12.5. The second-order valence-corrected chi connectivity index (χ2v) is 7.36. The summed E-state index contributed by atoms with van der Waals surface area (Å²) >= 11 is 1.18. The van der Waals surface area contributed by atoms with Crippen molar-refractivity contribution in [2.75, 3.05) is 5.75 Å². The molecule has 1 N–H and O–H groups in total. The van der Waals surface area contributed by atoms with Gasteiger partial charge in [0.2, 0.25) is 11.5 Å². The molecular formula is C21H18N4O3S. The second kappa shape index (κ2) is 8.32. The fraction of sp³-hybridized carbons (Fsp3) is 0.143. The topological polar surface area (TPSA) is 93.8 Å². The van der Waals surface area contributed by atoms with Gasteiger partial charge in [-0.05, 0) is 12.5 Å². The van der Waals surface area contributed by atoms with E-state index in [9.17, 15) is 9.59 Å². The third-order valence-corrected chi connectivity index (χ3v) is 5.48. The molecule has 0 aliphatic rings. The van der Waals surface area contributed by atoms with Crippen molar-refractivity contribution in [2.24, 2.45) is 0 Å². The Balaban J connectivity index is 1.48. The number of rotatable bonds is 7. The number of hydrogen-bond donors (Lipinski definition) is 1. The number of ketones is 1. The van der Waals surface area contributed by atoms with Gasteiger partial charge in [0.15, 0.2) is 5.16 Å². The van der Waals surface area contributed by atoms with Gasteiger partial charge in [-0.2, -0.15) is 0 Å². The Morgan fingerprint density at radius 3 is 2.55 bits per heavy atom. The smallest absolute Gasteiger partial charge is 0.344 e. The van der Waals surface area contributed by atoms with Crippen LogP contribution in [0.5, 0.6) is 0 Å². The first-order valence-electron chi connectivity index (χ1n) is 9.03. The number of nitrogens with zero attached hydrogens (tertiary/aromatic N) is 3. The number of aromatic amines is 1. The van der Waals surface area contributed by atoms with E-state index in [-0.39, 0.29) is 29.0 Å². The quantitative estimate of drug-likeness (QED) is 0.370. The van der Waals surface area contributed by atoms with Gasteiger partial charge in [0, 0.05) is 11.6 Å². The number of nitrogens with one attached hydrogen (secondary N) is 1. The first-order chi connectivity index (χ1) is 14.1. The Kier molecular flexibility index (Phi) is 5.44. The first-order valence-corrected chi connectivity index (χ1v) is 10.0. The third kappa shape index (κ3) is 4.07. The van der Waals surface area contributed by atoms with Crippen LogP contribution in [0.2, 0.25) is 0 Å². The summed E-state index contributed by atoms with van der Waals surface area (Å²) in [5.74, 6) is 0.0332. The molecule has 4 aromatic rings. The van der Waals surface area contributed by atoms with Crippen LogP contribution in [0.25, 0.3) is 11.3 Å². The number of carbonyl (C=O) groups excluding carboxylic acids is 1. The molecule has 29 heavy (non-hydrogen) atoms. The number of hydrogen-bond acceptors (Lipinski definition) is 6. The highest BCUT2D eigenvalue weighted by atomic mass is 32.2. The van der Waals surface area contributed by atoms with Crippen LogP contribution >= 0.6 is 11.8 Å². The summed E-state index contributed by atoms with van der Waals surface area (Å²) in [5, 5.41) is 11.0. The molecular weight excluding hydrogens is 388 g/mol. The fourth-order valence-corrected chi connectivity index (χ4v) is 3.86. The van der Waals surface area contributed by atoms with Crippen LogP contribution in [0.1, 0.15) is 29.1 Å². The minimum atomic E-state index is -0.317. The summed E-state index contributed by atoms with van der Waals surface area (Å²) in [5.41, 5.74) is 2.14. The summed E-state index contributed by atoms with van der Waals surface area (Å²) in [6.45, 7) is 1.92. The van der Waals surface area contributed by atoms with Crippen molar-refractivity contribution >= 4 is 17.5 Å². The van der Waals surface area contributed by atoms with E-state index in [1.807, 2.05) is 67.6 Å². The molecule has 4 rings (SSSR count). The molecule has 0 radical (unpaired) electrons. The molecule has 2 aromatic carbocycles. The van der Waals surface area contributed by atoms with E-state index < -0.39 is 0 Å². The Morgan fingerprint density at radius 1 is 1.14 bits per heavy atom. The van der Waals surface area contributed by atoms with Gasteiger partial charge < -0.3 is 4.52 Å². The molecule has 7 nitrogen and oxygen atoms in total. The van der Waals surface area contributed by atoms with Crippen molar-refractivity contribution in [3.05, 3.63) is 88.5 Å². The van der Waals surface area contributed by atoms with Gasteiger partial charge >= 0.3 is 5.69 Å². The molecule has 1 atom stereocenters. The minimum absolute atomic E-state index is 0.0786. The molecule has 2 heterocycles. The summed E-state index contributed by atoms with van der Waals surface area (Å²) in [4.78, 5) is 24.8. The molecule has 0 fully saturated rings. The second-order valence-electron chi connectivity index (χ2n) is 6.42. The molecule has 0 unspecified atom stereocenters. The highest BCUT2D eigenvalue weighted by molar-refractivity contribution is 7.99. The van der Waals surface area contributed by atoms with E-state index in [1.54, 1.807) is 10.6 Å². The lowest BCUT2D eigenvalue weighted by Gasteiger charge is -2.14. The van der Waals surface area contributed by atoms with Crippen LogP contribution in [0.4, 0.5) is 0 Å². The van der Waals surface area contributed by atoms with E-state index in [4.69, 9.17) is 4.52 Å². The molecule has 2 aromatic heterocycles. The molecule has 0 saturated carbocycles. The van der Waals surface area contributed by atoms with Crippen LogP contribution in [0.15, 0.2) is 81.2 Å². The zero-order valence-corrected chi connectivity index (χ0v) is 16.4. The maximum atomic E-state index is 12.5. The van der Waals surface area contributed by atoms with Crippen molar-refractivity contribution in [1.82, 2.24) is 19.9 Å². The first kappa shape index (κ1) is 18.9. The molecule has 8 heteroatoms. The van der Waals surface area contributed by atoms with Gasteiger partial charge in [-0.25, -0.2) is 9.89 Å². The van der Waals surface area contributed by atoms with Crippen LogP contribution in [0.3, 0.4) is 0 Å². The van der Waals surface area contributed by atoms with Crippen molar-refractivity contribution in [3.8, 4) is 11.3 Å². The lowest BCUT2D eigenvalue weighted by molar-refractivity contribution is 0.0983. The van der Waals surface area contributed by atoms with Gasteiger partial charge in [0.05, 0.1) is 11.8 Å². The van der Waals surface area contributed by atoms with E-state index in [2.05, 4.69) is 15.4 Å². The summed E-state index contributed by atoms with van der Waals surface area (Å²) in [6, 6.07) is 20.6. The zero-order chi connectivity index (χ0) is 20.2. The van der Waals surface area contributed by atoms with Crippen LogP contribution < -0.4 is 5.69 Å². The molecule has 0 aliphatic carbocycles. The van der Waals surface area contributed by atoms with E-state index >= 15 is 0 Å². The fourth-order valence-electron chi connectivity index (χ4n) is 2.97. The van der Waals surface area contributed by atoms with Crippen LogP contribution in [-0.2, 0) is 0 Å². The van der Waals surface area contributed by atoms with E-state index in [0.717, 1.165) is 11.1 Å². The largest absolute Gasteiger partial charge is 0.352 e. The zero-order valence-electron chi connectivity index (χ0n) is 15.6. The Morgan fingerprint density at radius 2 is 1.83 bits per heavy atom. The Hall–Kier alpha value is -3.39. The number of thioether (sulfide) groups is 1. The number of benzene rings is 2. The molecule has 146 valence electrons. The predicted molar refractivity (Wildman–Crippen MR) is 110 cm³/mol. The van der Waals surface area contributed by atoms with Crippen molar-refractivity contribution in [1.29, 1.82) is 0 Å². The summed E-state index contributed by atoms with van der Waals surface area (Å²) in [6.07, 6.45) is 0. The molecule has 0 saturated heterocycles.